The van der Waals surface area contributed by atoms with Crippen molar-refractivity contribution in [3.8, 4) is 12.3 Å². The second-order valence-electron chi connectivity index (χ2n) is 5.52. The van der Waals surface area contributed by atoms with Crippen LogP contribution in [0.2, 0.25) is 0 Å². The predicted octanol–water partition coefficient (Wildman–Crippen LogP) is 0.225. The van der Waals surface area contributed by atoms with E-state index in [0.717, 1.165) is 6.42 Å². The first-order valence-corrected chi connectivity index (χ1v) is 8.54. The molecule has 6 nitrogen and oxygen atoms in total. The van der Waals surface area contributed by atoms with E-state index >= 15 is 0 Å². The Morgan fingerprint density at radius 2 is 2.15 bits per heavy atom. The van der Waals surface area contributed by atoms with E-state index in [4.69, 9.17) is 6.42 Å². The SMILES string of the molecule is C#C[C@H](NC(=O)NC[C@H]1CCN(S(C)(=O)=O)C1)C(C)C. The Morgan fingerprint density at radius 1 is 1.50 bits per heavy atom. The maximum absolute atomic E-state index is 11.7. The highest BCUT2D eigenvalue weighted by molar-refractivity contribution is 7.88. The van der Waals surface area contributed by atoms with Crippen LogP contribution in [0.3, 0.4) is 0 Å². The standard InChI is InChI=1S/C13H23N3O3S/c1-5-12(10(2)3)15-13(17)14-8-11-6-7-16(9-11)20(4,18)19/h1,10-12H,6-9H2,2-4H3,(H2,14,15,17)/t11-,12+/m1/s1. The van der Waals surface area contributed by atoms with Gasteiger partial charge in [-0.1, -0.05) is 19.8 Å². The number of terminal acetylenes is 1. The van der Waals surface area contributed by atoms with Gasteiger partial charge in [-0.3, -0.25) is 0 Å². The Morgan fingerprint density at radius 3 is 2.60 bits per heavy atom. The predicted molar refractivity (Wildman–Crippen MR) is 78.5 cm³/mol. The fourth-order valence-corrected chi connectivity index (χ4v) is 3.01. The minimum atomic E-state index is -3.13. The van der Waals surface area contributed by atoms with Gasteiger partial charge < -0.3 is 10.6 Å². The van der Waals surface area contributed by atoms with Gasteiger partial charge in [-0.05, 0) is 18.3 Å². The molecule has 0 radical (unpaired) electrons. The molecule has 0 bridgehead atoms. The van der Waals surface area contributed by atoms with Crippen molar-refractivity contribution >= 4 is 16.1 Å². The molecule has 7 heteroatoms. The molecule has 1 fully saturated rings. The number of sulfonamides is 1. The Kier molecular flexibility index (Phi) is 5.84. The van der Waals surface area contributed by atoms with E-state index in [0.29, 0.717) is 19.6 Å². The van der Waals surface area contributed by atoms with Gasteiger partial charge in [0.15, 0.2) is 0 Å². The molecular formula is C13H23N3O3S. The largest absolute Gasteiger partial charge is 0.338 e. The molecule has 1 rings (SSSR count). The summed E-state index contributed by atoms with van der Waals surface area (Å²) in [6, 6.07) is -0.606. The van der Waals surface area contributed by atoms with Crippen LogP contribution in [-0.2, 0) is 10.0 Å². The van der Waals surface area contributed by atoms with E-state index in [1.54, 1.807) is 0 Å². The Bertz CT molecular complexity index is 482. The van der Waals surface area contributed by atoms with E-state index in [1.165, 1.54) is 10.6 Å². The molecule has 2 amide bonds. The highest BCUT2D eigenvalue weighted by Crippen LogP contribution is 2.17. The number of amides is 2. The van der Waals surface area contributed by atoms with Crippen LogP contribution in [0.15, 0.2) is 0 Å². The molecule has 1 heterocycles. The van der Waals surface area contributed by atoms with Crippen molar-refractivity contribution < 1.29 is 13.2 Å². The Labute approximate surface area is 121 Å². The number of nitrogens with one attached hydrogen (secondary N) is 2. The number of nitrogens with zero attached hydrogens (tertiary/aromatic N) is 1. The summed E-state index contributed by atoms with van der Waals surface area (Å²) in [6.45, 7) is 5.30. The van der Waals surface area contributed by atoms with E-state index in [-0.39, 0.29) is 23.9 Å². The fraction of sp³-hybridized carbons (Fsp3) is 0.769. The van der Waals surface area contributed by atoms with Crippen LogP contribution < -0.4 is 10.6 Å². The molecule has 114 valence electrons. The zero-order valence-electron chi connectivity index (χ0n) is 12.2. The van der Waals surface area contributed by atoms with Crippen molar-refractivity contribution in [2.45, 2.75) is 26.3 Å². The molecule has 2 atom stereocenters. The summed E-state index contributed by atoms with van der Waals surface area (Å²) < 4.78 is 24.2. The zero-order chi connectivity index (χ0) is 15.3. The summed E-state index contributed by atoms with van der Waals surface area (Å²) in [5, 5.41) is 5.46. The quantitative estimate of drug-likeness (QED) is 0.713. The Balaban J connectivity index is 2.35. The molecule has 0 spiro atoms. The monoisotopic (exact) mass is 301 g/mol. The number of rotatable bonds is 5. The van der Waals surface area contributed by atoms with E-state index in [2.05, 4.69) is 16.6 Å². The number of hydrogen-bond donors (Lipinski definition) is 2. The minimum absolute atomic E-state index is 0.152. The van der Waals surface area contributed by atoms with Gasteiger partial charge in [-0.2, -0.15) is 0 Å². The van der Waals surface area contributed by atoms with Crippen molar-refractivity contribution in [2.24, 2.45) is 11.8 Å². The van der Waals surface area contributed by atoms with Gasteiger partial charge in [0, 0.05) is 19.6 Å². The number of hydrogen-bond acceptors (Lipinski definition) is 3. The fourth-order valence-electron chi connectivity index (χ4n) is 2.10. The number of urea groups is 1. The molecule has 1 saturated heterocycles. The van der Waals surface area contributed by atoms with Crippen LogP contribution in [0.25, 0.3) is 0 Å². The van der Waals surface area contributed by atoms with Gasteiger partial charge in [0.2, 0.25) is 10.0 Å². The highest BCUT2D eigenvalue weighted by Gasteiger charge is 2.28. The van der Waals surface area contributed by atoms with Gasteiger partial charge in [0.05, 0.1) is 12.3 Å². The molecule has 0 saturated carbocycles. The van der Waals surface area contributed by atoms with Crippen LogP contribution in [0.1, 0.15) is 20.3 Å². The lowest BCUT2D eigenvalue weighted by Gasteiger charge is -2.18. The maximum atomic E-state index is 11.7. The molecule has 2 N–H and O–H groups in total. The molecule has 0 unspecified atom stereocenters. The summed E-state index contributed by atoms with van der Waals surface area (Å²) >= 11 is 0. The topological polar surface area (TPSA) is 78.5 Å². The van der Waals surface area contributed by atoms with Crippen molar-refractivity contribution in [1.29, 1.82) is 0 Å². The van der Waals surface area contributed by atoms with Crippen LogP contribution in [0, 0.1) is 24.2 Å². The summed E-state index contributed by atoms with van der Waals surface area (Å²) in [7, 11) is -3.13. The average Bonchev–Trinajstić information content (AvgIpc) is 2.81. The normalized spacial score (nSPS) is 21.4. The summed E-state index contributed by atoms with van der Waals surface area (Å²) in [4.78, 5) is 11.7. The third kappa shape index (κ3) is 5.02. The maximum Gasteiger partial charge on any atom is 0.315 e. The van der Waals surface area contributed by atoms with Crippen LogP contribution in [0.5, 0.6) is 0 Å². The van der Waals surface area contributed by atoms with Crippen molar-refractivity contribution in [3.05, 3.63) is 0 Å². The van der Waals surface area contributed by atoms with E-state index < -0.39 is 10.0 Å². The molecule has 1 aliphatic rings. The molecule has 0 aromatic carbocycles. The van der Waals surface area contributed by atoms with Gasteiger partial charge >= 0.3 is 6.03 Å². The molecular weight excluding hydrogens is 278 g/mol. The lowest BCUT2D eigenvalue weighted by atomic mass is 10.1. The molecule has 1 aliphatic heterocycles. The first kappa shape index (κ1) is 16.8. The van der Waals surface area contributed by atoms with E-state index in [9.17, 15) is 13.2 Å². The molecule has 0 aromatic heterocycles. The summed E-state index contributed by atoms with van der Waals surface area (Å²) in [6.07, 6.45) is 7.30. The zero-order valence-corrected chi connectivity index (χ0v) is 13.0. The van der Waals surface area contributed by atoms with Crippen molar-refractivity contribution in [3.63, 3.8) is 0 Å². The van der Waals surface area contributed by atoms with Gasteiger partial charge in [0.1, 0.15) is 0 Å². The lowest BCUT2D eigenvalue weighted by Crippen LogP contribution is -2.45. The van der Waals surface area contributed by atoms with Crippen molar-refractivity contribution in [2.75, 3.05) is 25.9 Å². The lowest BCUT2D eigenvalue weighted by molar-refractivity contribution is 0.235. The van der Waals surface area contributed by atoms with Gasteiger partial charge in [-0.25, -0.2) is 17.5 Å². The second kappa shape index (κ2) is 6.95. The van der Waals surface area contributed by atoms with E-state index in [1.807, 2.05) is 13.8 Å². The Hall–Kier alpha value is -1.26. The molecule has 20 heavy (non-hydrogen) atoms. The summed E-state index contributed by atoms with van der Waals surface area (Å²) in [5.74, 6) is 2.84. The second-order valence-corrected chi connectivity index (χ2v) is 7.50. The smallest absolute Gasteiger partial charge is 0.315 e. The van der Waals surface area contributed by atoms with Crippen molar-refractivity contribution in [1.82, 2.24) is 14.9 Å². The number of carbonyl (C=O) groups is 1. The van der Waals surface area contributed by atoms with Crippen LogP contribution >= 0.6 is 0 Å². The third-order valence-electron chi connectivity index (χ3n) is 3.40. The first-order chi connectivity index (χ1) is 9.24. The third-order valence-corrected chi connectivity index (χ3v) is 4.67. The van der Waals surface area contributed by atoms with Crippen LogP contribution in [0.4, 0.5) is 4.79 Å². The molecule has 0 aliphatic carbocycles. The molecule has 0 aromatic rings. The van der Waals surface area contributed by atoms with Gasteiger partial charge in [0.25, 0.3) is 0 Å². The average molecular weight is 301 g/mol. The first-order valence-electron chi connectivity index (χ1n) is 6.69. The van der Waals surface area contributed by atoms with Gasteiger partial charge in [-0.15, -0.1) is 6.42 Å². The minimum Gasteiger partial charge on any atom is -0.338 e. The summed E-state index contributed by atoms with van der Waals surface area (Å²) in [5.41, 5.74) is 0. The highest BCUT2D eigenvalue weighted by atomic mass is 32.2. The number of carbonyl (C=O) groups excluding carboxylic acids is 1. The van der Waals surface area contributed by atoms with Crippen LogP contribution in [-0.4, -0.2) is 50.7 Å².